The van der Waals surface area contributed by atoms with Crippen molar-refractivity contribution in [2.45, 2.75) is 11.8 Å². The number of amides is 1. The molecule has 0 aliphatic heterocycles. The second-order valence-corrected chi connectivity index (χ2v) is 9.72. The normalized spacial score (nSPS) is 11.4. The monoisotopic (exact) mass is 520 g/mol. The van der Waals surface area contributed by atoms with Crippen LogP contribution in [0, 0.1) is 17.0 Å². The van der Waals surface area contributed by atoms with E-state index in [0.29, 0.717) is 10.6 Å². The molecule has 0 aliphatic carbocycles. The van der Waals surface area contributed by atoms with Gasteiger partial charge in [0, 0.05) is 27.7 Å². The lowest BCUT2D eigenvalue weighted by atomic mass is 10.2. The van der Waals surface area contributed by atoms with Crippen molar-refractivity contribution in [3.05, 3.63) is 98.0 Å². The summed E-state index contributed by atoms with van der Waals surface area (Å²) in [5.74, 6) is -0.744. The van der Waals surface area contributed by atoms with Crippen LogP contribution in [0.5, 0.6) is 0 Å². The minimum Gasteiger partial charge on any atom is -0.271 e. The van der Waals surface area contributed by atoms with E-state index in [0.717, 1.165) is 10.5 Å². The molecule has 3 aromatic rings. The first-order valence-electron chi connectivity index (χ1n) is 9.69. The summed E-state index contributed by atoms with van der Waals surface area (Å²) in [5, 5.41) is 15.3. The van der Waals surface area contributed by atoms with Crippen molar-refractivity contribution in [3.63, 3.8) is 0 Å². The number of nitro groups is 1. The molecule has 0 saturated heterocycles. The minimum atomic E-state index is -4.10. The first-order chi connectivity index (χ1) is 16.1. The molecule has 0 spiro atoms. The Labute approximate surface area is 205 Å². The molecule has 176 valence electrons. The summed E-state index contributed by atoms with van der Waals surface area (Å²) in [7, 11) is -4.10. The molecular formula is C22H18Cl2N4O5S. The predicted octanol–water partition coefficient (Wildman–Crippen LogP) is 4.56. The summed E-state index contributed by atoms with van der Waals surface area (Å²) in [4.78, 5) is 23.0. The van der Waals surface area contributed by atoms with Crippen LogP contribution in [0.4, 0.5) is 11.4 Å². The number of carbonyl (C=O) groups is 1. The van der Waals surface area contributed by atoms with Crippen LogP contribution in [-0.4, -0.2) is 32.0 Å². The Bertz CT molecular complexity index is 1360. The Balaban J connectivity index is 1.87. The highest BCUT2D eigenvalue weighted by atomic mass is 35.5. The van der Waals surface area contributed by atoms with Gasteiger partial charge >= 0.3 is 0 Å². The number of aryl methyl sites for hydroxylation is 1. The van der Waals surface area contributed by atoms with E-state index in [4.69, 9.17) is 23.2 Å². The molecule has 34 heavy (non-hydrogen) atoms. The predicted molar refractivity (Wildman–Crippen MR) is 131 cm³/mol. The molecule has 0 radical (unpaired) electrons. The van der Waals surface area contributed by atoms with Gasteiger partial charge in [-0.15, -0.1) is 0 Å². The summed E-state index contributed by atoms with van der Waals surface area (Å²) in [6.45, 7) is 1.09. The van der Waals surface area contributed by atoms with Gasteiger partial charge in [-0.25, -0.2) is 13.8 Å². The number of carbonyl (C=O) groups excluding carboxylic acids is 1. The largest absolute Gasteiger partial charge is 0.271 e. The molecule has 0 aliphatic rings. The van der Waals surface area contributed by atoms with Gasteiger partial charge < -0.3 is 0 Å². The van der Waals surface area contributed by atoms with Crippen LogP contribution in [0.25, 0.3) is 0 Å². The maximum atomic E-state index is 13.3. The molecule has 1 N–H and O–H groups in total. The van der Waals surface area contributed by atoms with Gasteiger partial charge in [-0.2, -0.15) is 5.10 Å². The number of anilines is 1. The van der Waals surface area contributed by atoms with Crippen molar-refractivity contribution in [1.29, 1.82) is 0 Å². The van der Waals surface area contributed by atoms with Crippen molar-refractivity contribution < 1.29 is 18.1 Å². The maximum Gasteiger partial charge on any atom is 0.270 e. The number of nitro benzene ring substituents is 1. The SMILES string of the molecule is Cc1cc(Cl)ccc1N(CC(=O)N/N=C\c1cc([N+](=O)[O-])ccc1Cl)S(=O)(=O)c1ccccc1. The Morgan fingerprint density at radius 3 is 2.47 bits per heavy atom. The highest BCUT2D eigenvalue weighted by Gasteiger charge is 2.28. The van der Waals surface area contributed by atoms with E-state index < -0.39 is 27.4 Å². The van der Waals surface area contributed by atoms with E-state index in [9.17, 15) is 23.3 Å². The molecule has 0 aromatic heterocycles. The lowest BCUT2D eigenvalue weighted by Gasteiger charge is -2.25. The highest BCUT2D eigenvalue weighted by Crippen LogP contribution is 2.28. The van der Waals surface area contributed by atoms with E-state index in [1.54, 1.807) is 31.2 Å². The Morgan fingerprint density at radius 1 is 1.12 bits per heavy atom. The van der Waals surface area contributed by atoms with Gasteiger partial charge in [-0.1, -0.05) is 41.4 Å². The number of benzene rings is 3. The molecule has 9 nitrogen and oxygen atoms in total. The van der Waals surface area contributed by atoms with Gasteiger partial charge in [-0.05, 0) is 48.9 Å². The molecule has 1 amide bonds. The molecule has 0 bridgehead atoms. The molecule has 3 aromatic carbocycles. The number of hydrogen-bond donors (Lipinski definition) is 1. The molecule has 0 unspecified atom stereocenters. The fourth-order valence-corrected chi connectivity index (χ4v) is 4.90. The lowest BCUT2D eigenvalue weighted by molar-refractivity contribution is -0.384. The van der Waals surface area contributed by atoms with Crippen LogP contribution in [0.3, 0.4) is 0 Å². The van der Waals surface area contributed by atoms with Gasteiger partial charge in [-0.3, -0.25) is 19.2 Å². The first-order valence-corrected chi connectivity index (χ1v) is 11.9. The van der Waals surface area contributed by atoms with Crippen LogP contribution in [0.15, 0.2) is 76.7 Å². The van der Waals surface area contributed by atoms with Gasteiger partial charge in [0.25, 0.3) is 21.6 Å². The van der Waals surface area contributed by atoms with Crippen LogP contribution >= 0.6 is 23.2 Å². The van der Waals surface area contributed by atoms with E-state index in [2.05, 4.69) is 10.5 Å². The molecule has 12 heteroatoms. The van der Waals surface area contributed by atoms with E-state index in [1.807, 2.05) is 0 Å². The number of hydrazone groups is 1. The zero-order chi connectivity index (χ0) is 24.9. The number of rotatable bonds is 8. The van der Waals surface area contributed by atoms with Gasteiger partial charge in [0.05, 0.1) is 21.7 Å². The zero-order valence-electron chi connectivity index (χ0n) is 17.7. The summed E-state index contributed by atoms with van der Waals surface area (Å²) in [5.41, 5.74) is 3.06. The summed E-state index contributed by atoms with van der Waals surface area (Å²) in [6.07, 6.45) is 1.14. The number of non-ortho nitro benzene ring substituents is 1. The topological polar surface area (TPSA) is 122 Å². The average molecular weight is 521 g/mol. The van der Waals surface area contributed by atoms with E-state index in [-0.39, 0.29) is 26.9 Å². The average Bonchev–Trinajstić information content (AvgIpc) is 2.79. The highest BCUT2D eigenvalue weighted by molar-refractivity contribution is 7.92. The Morgan fingerprint density at radius 2 is 1.82 bits per heavy atom. The van der Waals surface area contributed by atoms with E-state index >= 15 is 0 Å². The Hall–Kier alpha value is -3.47. The summed E-state index contributed by atoms with van der Waals surface area (Å²) >= 11 is 12.0. The van der Waals surface area contributed by atoms with Crippen LogP contribution in [-0.2, 0) is 14.8 Å². The molecule has 0 atom stereocenters. The third-order valence-electron chi connectivity index (χ3n) is 4.63. The van der Waals surface area contributed by atoms with Gasteiger partial charge in [0.15, 0.2) is 0 Å². The maximum absolute atomic E-state index is 13.3. The zero-order valence-corrected chi connectivity index (χ0v) is 20.0. The van der Waals surface area contributed by atoms with E-state index in [1.165, 1.54) is 42.5 Å². The number of halogens is 2. The van der Waals surface area contributed by atoms with Gasteiger partial charge in [0.2, 0.25) is 0 Å². The third-order valence-corrected chi connectivity index (χ3v) is 6.98. The number of nitrogens with one attached hydrogen (secondary N) is 1. The lowest BCUT2D eigenvalue weighted by Crippen LogP contribution is -2.40. The minimum absolute atomic E-state index is 0.00373. The van der Waals surface area contributed by atoms with Crippen LogP contribution < -0.4 is 9.73 Å². The van der Waals surface area contributed by atoms with Crippen molar-refractivity contribution in [2.75, 3.05) is 10.8 Å². The fourth-order valence-electron chi connectivity index (χ4n) is 3.00. The second-order valence-electron chi connectivity index (χ2n) is 7.01. The smallest absolute Gasteiger partial charge is 0.270 e. The number of sulfonamides is 1. The molecule has 0 fully saturated rings. The Kier molecular flexibility index (Phi) is 7.87. The quantitative estimate of drug-likeness (QED) is 0.265. The third kappa shape index (κ3) is 5.90. The van der Waals surface area contributed by atoms with Crippen LogP contribution in [0.2, 0.25) is 10.0 Å². The molecule has 0 heterocycles. The standard InChI is InChI=1S/C22H18Cl2N4O5S/c1-15-11-17(23)7-10-21(15)27(34(32,33)19-5-3-2-4-6-19)14-22(29)26-25-13-16-12-18(28(30)31)8-9-20(16)24/h2-13H,14H2,1H3,(H,26,29)/b25-13-. The molecular weight excluding hydrogens is 503 g/mol. The fraction of sp³-hybridized carbons (Fsp3) is 0.0909. The number of nitrogens with zero attached hydrogens (tertiary/aromatic N) is 3. The molecule has 0 saturated carbocycles. The van der Waals surface area contributed by atoms with Gasteiger partial charge in [0.1, 0.15) is 6.54 Å². The number of hydrogen-bond acceptors (Lipinski definition) is 6. The molecule has 3 rings (SSSR count). The van der Waals surface area contributed by atoms with Crippen molar-refractivity contribution in [2.24, 2.45) is 5.10 Å². The van der Waals surface area contributed by atoms with Crippen molar-refractivity contribution in [3.8, 4) is 0 Å². The summed E-state index contributed by atoms with van der Waals surface area (Å²) in [6, 6.07) is 16.1. The second kappa shape index (κ2) is 10.6. The van der Waals surface area contributed by atoms with Crippen LogP contribution in [0.1, 0.15) is 11.1 Å². The summed E-state index contributed by atoms with van der Waals surface area (Å²) < 4.78 is 27.6. The first kappa shape index (κ1) is 25.2. The van der Waals surface area contributed by atoms with Crippen molar-refractivity contribution >= 4 is 56.7 Å². The van der Waals surface area contributed by atoms with Crippen molar-refractivity contribution in [1.82, 2.24) is 5.43 Å².